The van der Waals surface area contributed by atoms with Crippen LogP contribution in [-0.2, 0) is 0 Å². The molecule has 0 saturated carbocycles. The molecule has 1 atom stereocenters. The van der Waals surface area contributed by atoms with Crippen molar-refractivity contribution in [2.24, 2.45) is 0 Å². The van der Waals surface area contributed by atoms with E-state index in [2.05, 4.69) is 25.5 Å². The molecule has 2 aromatic heterocycles. The molecule has 0 amide bonds. The SMILES string of the molecule is CC[C@@H](Nc1ccc([N+](=O)[O-])c(C)n1)c1n[nH]c(C)n1. The molecule has 0 fully saturated rings. The van der Waals surface area contributed by atoms with E-state index in [9.17, 15) is 10.1 Å². The Bertz CT molecular complexity index is 624. The quantitative estimate of drug-likeness (QED) is 0.640. The summed E-state index contributed by atoms with van der Waals surface area (Å²) in [7, 11) is 0. The van der Waals surface area contributed by atoms with Gasteiger partial charge in [-0.2, -0.15) is 5.10 Å². The molecule has 20 heavy (non-hydrogen) atoms. The van der Waals surface area contributed by atoms with Gasteiger partial charge in [-0.1, -0.05) is 6.92 Å². The minimum Gasteiger partial charge on any atom is -0.360 e. The minimum absolute atomic E-state index is 0.0114. The molecule has 2 heterocycles. The number of aromatic nitrogens is 4. The maximum Gasteiger partial charge on any atom is 0.290 e. The van der Waals surface area contributed by atoms with E-state index in [1.807, 2.05) is 13.8 Å². The zero-order chi connectivity index (χ0) is 14.7. The van der Waals surface area contributed by atoms with Gasteiger partial charge >= 0.3 is 0 Å². The number of rotatable bonds is 5. The third-order valence-electron chi connectivity index (χ3n) is 2.91. The van der Waals surface area contributed by atoms with E-state index < -0.39 is 4.92 Å². The van der Waals surface area contributed by atoms with E-state index in [0.29, 0.717) is 17.3 Å². The van der Waals surface area contributed by atoms with E-state index in [1.165, 1.54) is 6.07 Å². The van der Waals surface area contributed by atoms with E-state index in [1.54, 1.807) is 13.0 Å². The number of anilines is 1. The van der Waals surface area contributed by atoms with Gasteiger partial charge in [-0.15, -0.1) is 0 Å². The van der Waals surface area contributed by atoms with Gasteiger partial charge < -0.3 is 5.32 Å². The predicted molar refractivity (Wildman–Crippen MR) is 73.4 cm³/mol. The highest BCUT2D eigenvalue weighted by atomic mass is 16.6. The van der Waals surface area contributed by atoms with Gasteiger partial charge in [-0.05, 0) is 26.3 Å². The monoisotopic (exact) mass is 276 g/mol. The Morgan fingerprint density at radius 1 is 1.40 bits per heavy atom. The van der Waals surface area contributed by atoms with Crippen LogP contribution in [0.4, 0.5) is 11.5 Å². The van der Waals surface area contributed by atoms with Crippen LogP contribution in [0.1, 0.15) is 36.7 Å². The number of nitrogens with zero attached hydrogens (tertiary/aromatic N) is 4. The molecule has 0 bridgehead atoms. The van der Waals surface area contributed by atoms with Crippen LogP contribution in [0.15, 0.2) is 12.1 Å². The van der Waals surface area contributed by atoms with Crippen molar-refractivity contribution in [2.75, 3.05) is 5.32 Å². The highest BCUT2D eigenvalue weighted by Gasteiger charge is 2.17. The summed E-state index contributed by atoms with van der Waals surface area (Å²) in [6.07, 6.45) is 0.773. The first-order valence-corrected chi connectivity index (χ1v) is 6.28. The summed E-state index contributed by atoms with van der Waals surface area (Å²) in [6.45, 7) is 5.44. The van der Waals surface area contributed by atoms with Gasteiger partial charge in [-0.3, -0.25) is 15.2 Å². The van der Waals surface area contributed by atoms with Crippen LogP contribution in [0, 0.1) is 24.0 Å². The first-order chi connectivity index (χ1) is 9.51. The third-order valence-corrected chi connectivity index (χ3v) is 2.91. The van der Waals surface area contributed by atoms with Gasteiger partial charge in [-0.25, -0.2) is 9.97 Å². The lowest BCUT2D eigenvalue weighted by atomic mass is 10.2. The Kier molecular flexibility index (Phi) is 3.92. The summed E-state index contributed by atoms with van der Waals surface area (Å²) in [5.41, 5.74) is 0.387. The van der Waals surface area contributed by atoms with Crippen molar-refractivity contribution in [3.8, 4) is 0 Å². The molecule has 0 spiro atoms. The number of nitrogens with one attached hydrogen (secondary N) is 2. The molecule has 8 heteroatoms. The molecular weight excluding hydrogens is 260 g/mol. The van der Waals surface area contributed by atoms with Crippen molar-refractivity contribution in [3.63, 3.8) is 0 Å². The molecule has 0 aliphatic heterocycles. The fraction of sp³-hybridized carbons (Fsp3) is 0.417. The number of nitro groups is 1. The lowest BCUT2D eigenvalue weighted by molar-refractivity contribution is -0.385. The molecule has 0 unspecified atom stereocenters. The van der Waals surface area contributed by atoms with Crippen LogP contribution in [-0.4, -0.2) is 25.1 Å². The summed E-state index contributed by atoms with van der Waals surface area (Å²) in [6, 6.07) is 2.95. The fourth-order valence-electron chi connectivity index (χ4n) is 1.87. The molecular formula is C12H16N6O2. The van der Waals surface area contributed by atoms with Crippen molar-refractivity contribution in [3.05, 3.63) is 39.6 Å². The second kappa shape index (κ2) is 5.64. The Hall–Kier alpha value is -2.51. The first-order valence-electron chi connectivity index (χ1n) is 6.28. The largest absolute Gasteiger partial charge is 0.360 e. The van der Waals surface area contributed by atoms with Gasteiger partial charge in [0.15, 0.2) is 5.82 Å². The van der Waals surface area contributed by atoms with E-state index in [4.69, 9.17) is 0 Å². The number of hydrogen-bond acceptors (Lipinski definition) is 6. The van der Waals surface area contributed by atoms with Crippen LogP contribution in [0.3, 0.4) is 0 Å². The maximum atomic E-state index is 10.8. The van der Waals surface area contributed by atoms with E-state index in [0.717, 1.165) is 12.2 Å². The molecule has 2 rings (SSSR count). The Labute approximate surface area is 115 Å². The molecule has 8 nitrogen and oxygen atoms in total. The zero-order valence-electron chi connectivity index (χ0n) is 11.5. The smallest absolute Gasteiger partial charge is 0.290 e. The summed E-state index contributed by atoms with van der Waals surface area (Å²) in [4.78, 5) is 18.8. The van der Waals surface area contributed by atoms with Crippen molar-refractivity contribution in [2.45, 2.75) is 33.2 Å². The maximum absolute atomic E-state index is 10.8. The van der Waals surface area contributed by atoms with Gasteiger partial charge in [0.2, 0.25) is 0 Å². The number of hydrogen-bond donors (Lipinski definition) is 2. The highest BCUT2D eigenvalue weighted by molar-refractivity contribution is 5.45. The zero-order valence-corrected chi connectivity index (χ0v) is 11.5. The van der Waals surface area contributed by atoms with Crippen LogP contribution < -0.4 is 5.32 Å². The van der Waals surface area contributed by atoms with Crippen molar-refractivity contribution >= 4 is 11.5 Å². The summed E-state index contributed by atoms with van der Waals surface area (Å²) in [5, 5.41) is 20.9. The van der Waals surface area contributed by atoms with Gasteiger partial charge in [0.05, 0.1) is 11.0 Å². The topological polar surface area (TPSA) is 110 Å². The molecule has 0 saturated heterocycles. The number of pyridine rings is 1. The van der Waals surface area contributed by atoms with Crippen LogP contribution in [0.25, 0.3) is 0 Å². The highest BCUT2D eigenvalue weighted by Crippen LogP contribution is 2.22. The van der Waals surface area contributed by atoms with Gasteiger partial charge in [0.25, 0.3) is 5.69 Å². The van der Waals surface area contributed by atoms with Gasteiger partial charge in [0, 0.05) is 6.07 Å². The molecule has 2 aromatic rings. The number of aryl methyl sites for hydroxylation is 2. The predicted octanol–water partition coefficient (Wildman–Crippen LogP) is 2.29. The molecule has 0 aliphatic carbocycles. The average Bonchev–Trinajstić information content (AvgIpc) is 2.82. The fourth-order valence-corrected chi connectivity index (χ4v) is 1.87. The Morgan fingerprint density at radius 3 is 2.65 bits per heavy atom. The van der Waals surface area contributed by atoms with Crippen LogP contribution in [0.5, 0.6) is 0 Å². The number of aromatic amines is 1. The normalized spacial score (nSPS) is 12.2. The second-order valence-electron chi connectivity index (χ2n) is 4.44. The Balaban J connectivity index is 2.20. The van der Waals surface area contributed by atoms with E-state index in [-0.39, 0.29) is 11.7 Å². The summed E-state index contributed by atoms with van der Waals surface area (Å²) < 4.78 is 0. The van der Waals surface area contributed by atoms with E-state index >= 15 is 0 Å². The molecule has 0 aromatic carbocycles. The standard InChI is InChI=1S/C12H16N6O2/c1-4-9(12-14-8(3)16-17-12)15-11-6-5-10(18(19)20)7(2)13-11/h5-6,9H,4H2,1-3H3,(H,13,15)(H,14,16,17)/t9-/m1/s1. The van der Waals surface area contributed by atoms with Crippen molar-refractivity contribution in [1.29, 1.82) is 0 Å². The first kappa shape index (κ1) is 13.9. The average molecular weight is 276 g/mol. The lowest BCUT2D eigenvalue weighted by Crippen LogP contribution is -2.13. The molecule has 0 radical (unpaired) electrons. The van der Waals surface area contributed by atoms with Crippen molar-refractivity contribution < 1.29 is 4.92 Å². The molecule has 2 N–H and O–H groups in total. The minimum atomic E-state index is -0.442. The second-order valence-corrected chi connectivity index (χ2v) is 4.44. The summed E-state index contributed by atoms with van der Waals surface area (Å²) >= 11 is 0. The third kappa shape index (κ3) is 2.90. The van der Waals surface area contributed by atoms with Gasteiger partial charge in [0.1, 0.15) is 17.3 Å². The molecule has 106 valence electrons. The van der Waals surface area contributed by atoms with Crippen LogP contribution >= 0.6 is 0 Å². The molecule has 0 aliphatic rings. The number of H-pyrrole nitrogens is 1. The van der Waals surface area contributed by atoms with Crippen LogP contribution in [0.2, 0.25) is 0 Å². The van der Waals surface area contributed by atoms with Crippen molar-refractivity contribution in [1.82, 2.24) is 20.2 Å². The lowest BCUT2D eigenvalue weighted by Gasteiger charge is -2.14. The summed E-state index contributed by atoms with van der Waals surface area (Å²) in [5.74, 6) is 1.97. The Morgan fingerprint density at radius 2 is 2.15 bits per heavy atom.